The highest BCUT2D eigenvalue weighted by Crippen LogP contribution is 2.24. The molecular formula is C26H27N3O3S. The smallest absolute Gasteiger partial charge is 0.266 e. The van der Waals surface area contributed by atoms with Crippen LogP contribution in [0.15, 0.2) is 64.5 Å². The number of rotatable bonds is 8. The minimum absolute atomic E-state index is 0.00892. The standard InChI is InChI=1S/C26H27N3O3S/c1-17-9-11-20(12-10-17)29-25(31)21-7-5-6-8-23(21)27-26(29)33-16-24(30)22-15-18(2)28(19(22)3)13-14-32-4/h5-12,15H,13-14,16H2,1-4H3. The number of hydrogen-bond acceptors (Lipinski definition) is 5. The Morgan fingerprint density at radius 3 is 2.52 bits per heavy atom. The summed E-state index contributed by atoms with van der Waals surface area (Å²) in [5.74, 6) is 0.195. The molecule has 0 spiro atoms. The number of thioether (sulfide) groups is 1. The van der Waals surface area contributed by atoms with Gasteiger partial charge in [0, 0.05) is 30.6 Å². The highest BCUT2D eigenvalue weighted by molar-refractivity contribution is 7.99. The van der Waals surface area contributed by atoms with Crippen LogP contribution in [0.25, 0.3) is 16.6 Å². The molecule has 0 aliphatic heterocycles. The third-order valence-corrected chi connectivity index (χ3v) is 6.70. The topological polar surface area (TPSA) is 66.1 Å². The van der Waals surface area contributed by atoms with Gasteiger partial charge in [0.2, 0.25) is 0 Å². The average molecular weight is 462 g/mol. The van der Waals surface area contributed by atoms with Crippen LogP contribution in [0.3, 0.4) is 0 Å². The molecule has 0 aliphatic rings. The highest BCUT2D eigenvalue weighted by atomic mass is 32.2. The average Bonchev–Trinajstić information content (AvgIpc) is 3.10. The molecule has 0 amide bonds. The van der Waals surface area contributed by atoms with Gasteiger partial charge in [-0.2, -0.15) is 0 Å². The van der Waals surface area contributed by atoms with E-state index in [9.17, 15) is 9.59 Å². The zero-order valence-corrected chi connectivity index (χ0v) is 20.1. The second-order valence-corrected chi connectivity index (χ2v) is 8.97. The zero-order valence-electron chi connectivity index (χ0n) is 19.3. The maximum absolute atomic E-state index is 13.4. The molecule has 4 rings (SSSR count). The van der Waals surface area contributed by atoms with Gasteiger partial charge in [0.15, 0.2) is 10.9 Å². The Balaban J connectivity index is 1.69. The summed E-state index contributed by atoms with van der Waals surface area (Å²) < 4.78 is 8.88. The fourth-order valence-electron chi connectivity index (χ4n) is 3.95. The Labute approximate surface area is 197 Å². The molecule has 2 heterocycles. The molecule has 33 heavy (non-hydrogen) atoms. The Kier molecular flexibility index (Phi) is 6.81. The number of hydrogen-bond donors (Lipinski definition) is 0. The highest BCUT2D eigenvalue weighted by Gasteiger charge is 2.19. The number of Topliss-reactive ketones (excluding diaryl/α,β-unsaturated/α-hetero) is 1. The molecule has 0 fully saturated rings. The van der Waals surface area contributed by atoms with Crippen LogP contribution in [0.5, 0.6) is 0 Å². The van der Waals surface area contributed by atoms with Crippen molar-refractivity contribution in [2.75, 3.05) is 19.5 Å². The molecule has 6 nitrogen and oxygen atoms in total. The van der Waals surface area contributed by atoms with Crippen molar-refractivity contribution in [2.45, 2.75) is 32.5 Å². The number of carbonyl (C=O) groups is 1. The molecule has 0 radical (unpaired) electrons. The van der Waals surface area contributed by atoms with Crippen molar-refractivity contribution in [3.8, 4) is 5.69 Å². The van der Waals surface area contributed by atoms with Crippen molar-refractivity contribution in [3.05, 3.63) is 87.5 Å². The first-order chi connectivity index (χ1) is 15.9. The van der Waals surface area contributed by atoms with Crippen LogP contribution >= 0.6 is 11.8 Å². The summed E-state index contributed by atoms with van der Waals surface area (Å²) in [6.07, 6.45) is 0. The Morgan fingerprint density at radius 1 is 1.06 bits per heavy atom. The SMILES string of the molecule is COCCn1c(C)cc(C(=O)CSc2nc3ccccc3c(=O)n2-c2ccc(C)cc2)c1C. The van der Waals surface area contributed by atoms with Gasteiger partial charge in [-0.3, -0.25) is 14.2 Å². The predicted octanol–water partition coefficient (Wildman–Crippen LogP) is 4.73. The van der Waals surface area contributed by atoms with Crippen LogP contribution in [0.1, 0.15) is 27.3 Å². The van der Waals surface area contributed by atoms with E-state index in [4.69, 9.17) is 9.72 Å². The van der Waals surface area contributed by atoms with Gasteiger partial charge >= 0.3 is 0 Å². The van der Waals surface area contributed by atoms with E-state index >= 15 is 0 Å². The van der Waals surface area contributed by atoms with Crippen molar-refractivity contribution in [3.63, 3.8) is 0 Å². The van der Waals surface area contributed by atoms with Gasteiger partial charge in [0.1, 0.15) is 0 Å². The fourth-order valence-corrected chi connectivity index (χ4v) is 4.84. The Morgan fingerprint density at radius 2 is 1.79 bits per heavy atom. The summed E-state index contributed by atoms with van der Waals surface area (Å²) in [6, 6.07) is 17.0. The van der Waals surface area contributed by atoms with Crippen LogP contribution in [-0.2, 0) is 11.3 Å². The predicted molar refractivity (Wildman–Crippen MR) is 133 cm³/mol. The second-order valence-electron chi connectivity index (χ2n) is 8.03. The van der Waals surface area contributed by atoms with Gasteiger partial charge in [0.05, 0.1) is 29.0 Å². The van der Waals surface area contributed by atoms with Gasteiger partial charge in [-0.15, -0.1) is 0 Å². The van der Waals surface area contributed by atoms with E-state index < -0.39 is 0 Å². The number of fused-ring (bicyclic) bond motifs is 1. The fraction of sp³-hybridized carbons (Fsp3) is 0.269. The minimum atomic E-state index is -0.142. The zero-order chi connectivity index (χ0) is 23.5. The van der Waals surface area contributed by atoms with Crippen molar-refractivity contribution < 1.29 is 9.53 Å². The summed E-state index contributed by atoms with van der Waals surface area (Å²) in [7, 11) is 1.67. The van der Waals surface area contributed by atoms with Gasteiger partial charge in [0.25, 0.3) is 5.56 Å². The van der Waals surface area contributed by atoms with Crippen molar-refractivity contribution in [1.29, 1.82) is 0 Å². The molecule has 0 saturated carbocycles. The maximum Gasteiger partial charge on any atom is 0.266 e. The number of aromatic nitrogens is 3. The summed E-state index contributed by atoms with van der Waals surface area (Å²) >= 11 is 1.29. The van der Waals surface area contributed by atoms with Gasteiger partial charge < -0.3 is 9.30 Å². The van der Waals surface area contributed by atoms with E-state index in [0.717, 1.165) is 22.6 Å². The first-order valence-electron chi connectivity index (χ1n) is 10.8. The monoisotopic (exact) mass is 461 g/mol. The maximum atomic E-state index is 13.4. The number of ether oxygens (including phenoxy) is 1. The normalized spacial score (nSPS) is 11.3. The Bertz CT molecular complexity index is 1370. The molecule has 170 valence electrons. The van der Waals surface area contributed by atoms with E-state index in [1.165, 1.54) is 11.8 Å². The number of methoxy groups -OCH3 is 1. The third-order valence-electron chi connectivity index (χ3n) is 5.76. The van der Waals surface area contributed by atoms with Gasteiger partial charge in [-0.25, -0.2) is 4.98 Å². The van der Waals surface area contributed by atoms with E-state index in [1.807, 2.05) is 69.3 Å². The third kappa shape index (κ3) is 4.65. The van der Waals surface area contributed by atoms with Crippen LogP contribution < -0.4 is 5.56 Å². The first-order valence-corrected chi connectivity index (χ1v) is 11.8. The lowest BCUT2D eigenvalue weighted by molar-refractivity contribution is 0.102. The molecule has 2 aromatic carbocycles. The van der Waals surface area contributed by atoms with E-state index in [2.05, 4.69) is 4.57 Å². The summed E-state index contributed by atoms with van der Waals surface area (Å²) in [4.78, 5) is 31.2. The van der Waals surface area contributed by atoms with Crippen molar-refractivity contribution in [1.82, 2.24) is 14.1 Å². The molecule has 4 aromatic rings. The van der Waals surface area contributed by atoms with E-state index in [-0.39, 0.29) is 17.1 Å². The molecule has 0 saturated heterocycles. The van der Waals surface area contributed by atoms with Crippen LogP contribution in [-0.4, -0.2) is 39.4 Å². The van der Waals surface area contributed by atoms with Crippen molar-refractivity contribution >= 4 is 28.4 Å². The van der Waals surface area contributed by atoms with Gasteiger partial charge in [-0.05, 0) is 51.1 Å². The lowest BCUT2D eigenvalue weighted by Crippen LogP contribution is -2.22. The second kappa shape index (κ2) is 9.77. The van der Waals surface area contributed by atoms with E-state index in [0.29, 0.717) is 34.8 Å². The quantitative estimate of drug-likeness (QED) is 0.216. The lowest BCUT2D eigenvalue weighted by Gasteiger charge is -2.13. The van der Waals surface area contributed by atoms with Crippen LogP contribution in [0, 0.1) is 20.8 Å². The number of benzene rings is 2. The van der Waals surface area contributed by atoms with Crippen molar-refractivity contribution in [2.24, 2.45) is 0 Å². The molecular weight excluding hydrogens is 434 g/mol. The molecule has 0 aliphatic carbocycles. The molecule has 0 unspecified atom stereocenters. The summed E-state index contributed by atoms with van der Waals surface area (Å²) in [5.41, 5.74) is 4.97. The number of carbonyl (C=O) groups excluding carboxylic acids is 1. The number of ketones is 1. The Hall–Kier alpha value is -3.16. The molecule has 7 heteroatoms. The molecule has 0 atom stereocenters. The summed E-state index contributed by atoms with van der Waals surface area (Å²) in [5, 5.41) is 1.06. The minimum Gasteiger partial charge on any atom is -0.383 e. The largest absolute Gasteiger partial charge is 0.383 e. The molecule has 0 N–H and O–H groups in total. The number of para-hydroxylation sites is 1. The first kappa shape index (κ1) is 23.0. The van der Waals surface area contributed by atoms with Crippen LogP contribution in [0.2, 0.25) is 0 Å². The lowest BCUT2D eigenvalue weighted by atomic mass is 10.2. The summed E-state index contributed by atoms with van der Waals surface area (Å²) in [6.45, 7) is 7.24. The molecule has 0 bridgehead atoms. The molecule has 2 aromatic heterocycles. The van der Waals surface area contributed by atoms with Crippen LogP contribution in [0.4, 0.5) is 0 Å². The number of aryl methyl sites for hydroxylation is 2. The number of nitrogens with zero attached hydrogens (tertiary/aromatic N) is 3. The van der Waals surface area contributed by atoms with E-state index in [1.54, 1.807) is 17.7 Å². The van der Waals surface area contributed by atoms with Gasteiger partial charge in [-0.1, -0.05) is 41.6 Å².